The van der Waals surface area contributed by atoms with E-state index >= 15 is 0 Å². The van der Waals surface area contributed by atoms with Crippen molar-refractivity contribution in [3.63, 3.8) is 0 Å². The van der Waals surface area contributed by atoms with Gasteiger partial charge in [0.2, 0.25) is 5.91 Å². The summed E-state index contributed by atoms with van der Waals surface area (Å²) in [4.78, 5) is 28.1. The molecule has 1 aliphatic carbocycles. The summed E-state index contributed by atoms with van der Waals surface area (Å²) in [5, 5.41) is 11.3. The number of carbonyl (C=O) groups excluding carboxylic acids is 2. The zero-order valence-electron chi connectivity index (χ0n) is 13.3. The van der Waals surface area contributed by atoms with Crippen LogP contribution in [0.15, 0.2) is 30.3 Å². The molecule has 1 heterocycles. The molecule has 1 saturated carbocycles. The minimum atomic E-state index is -1.06. The molecular formula is C18H23N2O3-. The van der Waals surface area contributed by atoms with E-state index in [1.54, 1.807) is 0 Å². The number of rotatable bonds is 3. The van der Waals surface area contributed by atoms with Crippen molar-refractivity contribution < 1.29 is 14.7 Å². The van der Waals surface area contributed by atoms with E-state index < -0.39 is 17.8 Å². The van der Waals surface area contributed by atoms with E-state index in [0.717, 1.165) is 25.9 Å². The van der Waals surface area contributed by atoms with Gasteiger partial charge in [-0.05, 0) is 25.0 Å². The van der Waals surface area contributed by atoms with E-state index in [9.17, 15) is 14.7 Å². The molecule has 0 N–H and O–H groups in total. The predicted octanol–water partition coefficient (Wildman–Crippen LogP) is 0.891. The standard InChI is InChI=1S/C18H24N2O3/c21-17(15-8-4-5-9-16(15)18(22)23)20-12-10-19(11-13-20)14-6-2-1-3-7-14/h1-3,6-7,15-16H,4-5,8-13H2,(H,22,23)/p-1/t15-,16-/m1/s1. The normalized spacial score (nSPS) is 25.2. The van der Waals surface area contributed by atoms with E-state index in [-0.39, 0.29) is 5.91 Å². The summed E-state index contributed by atoms with van der Waals surface area (Å²) in [5.41, 5.74) is 1.17. The summed E-state index contributed by atoms with van der Waals surface area (Å²) in [5.74, 6) is -2.06. The zero-order valence-corrected chi connectivity index (χ0v) is 13.3. The van der Waals surface area contributed by atoms with Crippen LogP contribution in [0.5, 0.6) is 0 Å². The fourth-order valence-corrected chi connectivity index (χ4v) is 3.77. The highest BCUT2D eigenvalue weighted by Gasteiger charge is 2.35. The highest BCUT2D eigenvalue weighted by Crippen LogP contribution is 2.31. The number of para-hydroxylation sites is 1. The Morgan fingerprint density at radius 2 is 1.52 bits per heavy atom. The molecule has 0 bridgehead atoms. The molecule has 124 valence electrons. The molecule has 0 aromatic heterocycles. The first kappa shape index (κ1) is 15.8. The second kappa shape index (κ2) is 7.02. The molecule has 0 spiro atoms. The van der Waals surface area contributed by atoms with Gasteiger partial charge in [-0.15, -0.1) is 0 Å². The molecule has 2 fully saturated rings. The highest BCUT2D eigenvalue weighted by molar-refractivity contribution is 5.84. The number of carbonyl (C=O) groups is 2. The number of amides is 1. The van der Waals surface area contributed by atoms with Crippen LogP contribution in [-0.4, -0.2) is 43.0 Å². The molecule has 1 aromatic rings. The van der Waals surface area contributed by atoms with Crippen molar-refractivity contribution in [3.8, 4) is 0 Å². The Balaban J connectivity index is 1.60. The van der Waals surface area contributed by atoms with Crippen LogP contribution in [0.3, 0.4) is 0 Å². The van der Waals surface area contributed by atoms with Crippen molar-refractivity contribution in [1.29, 1.82) is 0 Å². The number of carboxylic acids is 1. The SMILES string of the molecule is O=C([O-])[C@@H]1CCCC[C@H]1C(=O)N1CCN(c2ccccc2)CC1. The van der Waals surface area contributed by atoms with Crippen molar-refractivity contribution in [2.24, 2.45) is 11.8 Å². The third-order valence-electron chi connectivity index (χ3n) is 5.10. The fraction of sp³-hybridized carbons (Fsp3) is 0.556. The first-order chi connectivity index (χ1) is 11.2. The lowest BCUT2D eigenvalue weighted by atomic mass is 9.78. The number of aliphatic carboxylic acids is 1. The molecule has 0 unspecified atom stereocenters. The van der Waals surface area contributed by atoms with Crippen molar-refractivity contribution in [2.75, 3.05) is 31.1 Å². The van der Waals surface area contributed by atoms with Gasteiger partial charge in [0.1, 0.15) is 0 Å². The number of benzene rings is 1. The van der Waals surface area contributed by atoms with Crippen molar-refractivity contribution >= 4 is 17.6 Å². The Labute approximate surface area is 136 Å². The highest BCUT2D eigenvalue weighted by atomic mass is 16.4. The van der Waals surface area contributed by atoms with Crippen molar-refractivity contribution in [2.45, 2.75) is 25.7 Å². The summed E-state index contributed by atoms with van der Waals surface area (Å²) in [7, 11) is 0. The van der Waals surface area contributed by atoms with Crippen LogP contribution in [0.4, 0.5) is 5.69 Å². The van der Waals surface area contributed by atoms with E-state index in [4.69, 9.17) is 0 Å². The molecule has 5 nitrogen and oxygen atoms in total. The fourth-order valence-electron chi connectivity index (χ4n) is 3.77. The number of piperazine rings is 1. The maximum Gasteiger partial charge on any atom is 0.226 e. The molecule has 23 heavy (non-hydrogen) atoms. The second-order valence-corrected chi connectivity index (χ2v) is 6.46. The molecular weight excluding hydrogens is 292 g/mol. The Morgan fingerprint density at radius 1 is 0.913 bits per heavy atom. The van der Waals surface area contributed by atoms with E-state index in [1.165, 1.54) is 5.69 Å². The van der Waals surface area contributed by atoms with Crippen LogP contribution < -0.4 is 10.0 Å². The topological polar surface area (TPSA) is 63.7 Å². The van der Waals surface area contributed by atoms with Crippen molar-refractivity contribution in [3.05, 3.63) is 30.3 Å². The lowest BCUT2D eigenvalue weighted by molar-refractivity contribution is -0.314. The molecule has 1 saturated heterocycles. The molecule has 2 aliphatic rings. The Morgan fingerprint density at radius 3 is 2.13 bits per heavy atom. The van der Waals surface area contributed by atoms with Gasteiger partial charge >= 0.3 is 0 Å². The van der Waals surface area contributed by atoms with Gasteiger partial charge in [0.05, 0.1) is 0 Å². The van der Waals surface area contributed by atoms with Gasteiger partial charge in [-0.2, -0.15) is 0 Å². The van der Waals surface area contributed by atoms with Crippen molar-refractivity contribution in [1.82, 2.24) is 4.90 Å². The average Bonchev–Trinajstić information content (AvgIpc) is 2.62. The Bertz CT molecular complexity index is 553. The van der Waals surface area contributed by atoms with Crippen LogP contribution in [0.25, 0.3) is 0 Å². The van der Waals surface area contributed by atoms with Gasteiger partial charge in [-0.3, -0.25) is 4.79 Å². The van der Waals surface area contributed by atoms with Crippen LogP contribution >= 0.6 is 0 Å². The number of anilines is 1. The number of carboxylic acid groups (broad SMARTS) is 1. The second-order valence-electron chi connectivity index (χ2n) is 6.46. The summed E-state index contributed by atoms with van der Waals surface area (Å²) < 4.78 is 0. The maximum atomic E-state index is 12.7. The van der Waals surface area contributed by atoms with Crippen LogP contribution in [-0.2, 0) is 9.59 Å². The van der Waals surface area contributed by atoms with E-state index in [0.29, 0.717) is 25.9 Å². The Kier molecular flexibility index (Phi) is 4.84. The monoisotopic (exact) mass is 315 g/mol. The summed E-state index contributed by atoms with van der Waals surface area (Å²) in [6.07, 6.45) is 3.06. The van der Waals surface area contributed by atoms with Crippen LogP contribution in [0, 0.1) is 11.8 Å². The van der Waals surface area contributed by atoms with E-state index in [2.05, 4.69) is 17.0 Å². The lowest BCUT2D eigenvalue weighted by Crippen LogP contribution is -2.53. The van der Waals surface area contributed by atoms with E-state index in [1.807, 2.05) is 23.1 Å². The van der Waals surface area contributed by atoms with Gasteiger partial charge in [-0.25, -0.2) is 0 Å². The summed E-state index contributed by atoms with van der Waals surface area (Å²) in [6, 6.07) is 10.2. The lowest BCUT2D eigenvalue weighted by Gasteiger charge is -2.40. The molecule has 1 aromatic carbocycles. The predicted molar refractivity (Wildman–Crippen MR) is 85.7 cm³/mol. The molecule has 2 atom stereocenters. The number of hydrogen-bond donors (Lipinski definition) is 0. The van der Waals surface area contributed by atoms with Gasteiger partial charge in [0.25, 0.3) is 0 Å². The quantitative estimate of drug-likeness (QED) is 0.831. The van der Waals surface area contributed by atoms with Gasteiger partial charge in [-0.1, -0.05) is 31.0 Å². The third kappa shape index (κ3) is 3.49. The maximum absolute atomic E-state index is 12.7. The van der Waals surface area contributed by atoms with Gasteiger partial charge < -0.3 is 19.7 Å². The number of hydrogen-bond acceptors (Lipinski definition) is 4. The molecule has 3 rings (SSSR count). The third-order valence-corrected chi connectivity index (χ3v) is 5.10. The first-order valence-corrected chi connectivity index (χ1v) is 8.46. The summed E-state index contributed by atoms with van der Waals surface area (Å²) >= 11 is 0. The minimum absolute atomic E-state index is 0.00612. The van der Waals surface area contributed by atoms with Gasteiger partial charge in [0.15, 0.2) is 0 Å². The molecule has 0 radical (unpaired) electrons. The Hall–Kier alpha value is -2.04. The zero-order chi connectivity index (χ0) is 16.2. The minimum Gasteiger partial charge on any atom is -0.550 e. The number of nitrogens with zero attached hydrogens (tertiary/aromatic N) is 2. The van der Waals surface area contributed by atoms with Crippen LogP contribution in [0.1, 0.15) is 25.7 Å². The average molecular weight is 315 g/mol. The van der Waals surface area contributed by atoms with Crippen LogP contribution in [0.2, 0.25) is 0 Å². The molecule has 1 amide bonds. The van der Waals surface area contributed by atoms with Gasteiger partial charge in [0, 0.05) is 49.7 Å². The first-order valence-electron chi connectivity index (χ1n) is 8.46. The molecule has 5 heteroatoms. The molecule has 1 aliphatic heterocycles. The largest absolute Gasteiger partial charge is 0.550 e. The summed E-state index contributed by atoms with van der Waals surface area (Å²) in [6.45, 7) is 2.89. The smallest absolute Gasteiger partial charge is 0.226 e.